The Balaban J connectivity index is 2.23. The molecule has 0 nitrogen and oxygen atoms in total. The third kappa shape index (κ3) is 2.00. The van der Waals surface area contributed by atoms with E-state index < -0.39 is 8.07 Å². The Bertz CT molecular complexity index is 210. The van der Waals surface area contributed by atoms with Crippen LogP contribution < -0.4 is 0 Å². The van der Waals surface area contributed by atoms with Crippen LogP contribution in [0.4, 0.5) is 0 Å². The van der Waals surface area contributed by atoms with Crippen LogP contribution in [-0.2, 0) is 0 Å². The van der Waals surface area contributed by atoms with Gasteiger partial charge in [-0.15, -0.1) is 0 Å². The maximum atomic E-state index is 2.76. The monoisotopic (exact) mass is 238 g/mol. The normalized spacial score (nSPS) is 25.5. The summed E-state index contributed by atoms with van der Waals surface area (Å²) in [4.78, 5) is 0. The zero-order valence-electron chi connectivity index (χ0n) is 11.8. The minimum absolute atomic E-state index is 0.622. The number of rotatable bonds is 2. The van der Waals surface area contributed by atoms with Gasteiger partial charge in [-0.1, -0.05) is 78.7 Å². The molecule has 0 amide bonds. The summed E-state index contributed by atoms with van der Waals surface area (Å²) in [6.07, 6.45) is 12.4. The van der Waals surface area contributed by atoms with Crippen LogP contribution in [0.5, 0.6) is 0 Å². The maximum Gasteiger partial charge on any atom is 0.0620 e. The maximum absolute atomic E-state index is 2.76. The fourth-order valence-corrected chi connectivity index (χ4v) is 10.9. The van der Waals surface area contributed by atoms with Gasteiger partial charge in [-0.3, -0.25) is 0 Å². The number of hydrogen-bond donors (Lipinski definition) is 0. The quantitative estimate of drug-likeness (QED) is 0.537. The van der Waals surface area contributed by atoms with E-state index in [0.29, 0.717) is 5.04 Å². The van der Waals surface area contributed by atoms with Crippen molar-refractivity contribution in [2.45, 2.75) is 94.8 Å². The van der Waals surface area contributed by atoms with Gasteiger partial charge in [0.1, 0.15) is 0 Å². The van der Waals surface area contributed by atoms with Crippen LogP contribution in [0.3, 0.4) is 0 Å². The largest absolute Gasteiger partial charge is 0.0684 e. The first-order chi connectivity index (χ1) is 7.46. The fourth-order valence-electron chi connectivity index (χ4n) is 4.61. The lowest BCUT2D eigenvalue weighted by Gasteiger charge is -2.49. The van der Waals surface area contributed by atoms with Gasteiger partial charge in [0.15, 0.2) is 0 Å². The van der Waals surface area contributed by atoms with Gasteiger partial charge in [0, 0.05) is 0 Å². The van der Waals surface area contributed by atoms with Crippen molar-refractivity contribution >= 4 is 8.07 Å². The average molecular weight is 238 g/mol. The molecule has 1 heteroatoms. The predicted molar refractivity (Wildman–Crippen MR) is 75.8 cm³/mol. The Kier molecular flexibility index (Phi) is 3.54. The van der Waals surface area contributed by atoms with E-state index in [0.717, 1.165) is 11.1 Å². The second-order valence-electron chi connectivity index (χ2n) is 7.50. The highest BCUT2D eigenvalue weighted by atomic mass is 28.3. The highest BCUT2D eigenvalue weighted by molar-refractivity contribution is 6.84. The molecule has 0 aromatic rings. The third-order valence-electron chi connectivity index (χ3n) is 6.02. The van der Waals surface area contributed by atoms with E-state index in [1.807, 2.05) is 0 Å². The van der Waals surface area contributed by atoms with Crippen molar-refractivity contribution in [2.24, 2.45) is 0 Å². The summed E-state index contributed by atoms with van der Waals surface area (Å²) in [6.45, 7) is 10.4. The molecule has 0 spiro atoms. The predicted octanol–water partition coefficient (Wildman–Crippen LogP) is 5.75. The first-order valence-electron chi connectivity index (χ1n) is 7.46. The van der Waals surface area contributed by atoms with Crippen LogP contribution in [0, 0.1) is 0 Å². The fraction of sp³-hybridized carbons (Fsp3) is 1.00. The Morgan fingerprint density at radius 1 is 0.750 bits per heavy atom. The lowest BCUT2D eigenvalue weighted by atomic mass is 10.2. The molecule has 0 heterocycles. The van der Waals surface area contributed by atoms with Crippen molar-refractivity contribution in [2.75, 3.05) is 0 Å². The van der Waals surface area contributed by atoms with Gasteiger partial charge in [0.05, 0.1) is 8.07 Å². The van der Waals surface area contributed by atoms with Gasteiger partial charge in [0.2, 0.25) is 0 Å². The minimum atomic E-state index is -1.08. The van der Waals surface area contributed by atoms with E-state index in [1.165, 1.54) is 25.7 Å². The summed E-state index contributed by atoms with van der Waals surface area (Å²) in [5, 5.41) is 0.622. The molecular weight excluding hydrogens is 208 g/mol. The second kappa shape index (κ2) is 4.47. The Hall–Kier alpha value is 0.217. The van der Waals surface area contributed by atoms with Crippen LogP contribution in [0.2, 0.25) is 22.7 Å². The molecule has 0 saturated heterocycles. The summed E-state index contributed by atoms with van der Waals surface area (Å²) in [7, 11) is -1.08. The van der Waals surface area contributed by atoms with Gasteiger partial charge < -0.3 is 0 Å². The highest BCUT2D eigenvalue weighted by Crippen LogP contribution is 2.59. The molecule has 2 saturated carbocycles. The molecule has 2 fully saturated rings. The molecule has 0 bridgehead atoms. The summed E-state index contributed by atoms with van der Waals surface area (Å²) < 4.78 is 0. The highest BCUT2D eigenvalue weighted by Gasteiger charge is 2.51. The molecule has 0 radical (unpaired) electrons. The first-order valence-corrected chi connectivity index (χ1v) is 10.1. The van der Waals surface area contributed by atoms with Gasteiger partial charge in [-0.2, -0.15) is 0 Å². The van der Waals surface area contributed by atoms with E-state index in [9.17, 15) is 0 Å². The molecule has 0 aliphatic heterocycles. The lowest BCUT2D eigenvalue weighted by molar-refractivity contribution is 0.620. The van der Waals surface area contributed by atoms with E-state index in [4.69, 9.17) is 0 Å². The number of hydrogen-bond acceptors (Lipinski definition) is 0. The van der Waals surface area contributed by atoms with Crippen molar-refractivity contribution < 1.29 is 0 Å². The Morgan fingerprint density at radius 3 is 1.31 bits per heavy atom. The van der Waals surface area contributed by atoms with E-state index in [2.05, 4.69) is 27.3 Å². The molecule has 2 aliphatic carbocycles. The molecular formula is C15H30Si. The second-order valence-corrected chi connectivity index (χ2v) is 13.2. The van der Waals surface area contributed by atoms with Crippen LogP contribution in [0.1, 0.15) is 72.1 Å². The molecule has 16 heavy (non-hydrogen) atoms. The standard InChI is InChI=1S/C15H30Si/c1-15(2,3)16(4,13-9-5-6-10-13)14-11-7-8-12-14/h13-14H,5-12H2,1-4H3. The summed E-state index contributed by atoms with van der Waals surface area (Å²) in [5.74, 6) is 0. The van der Waals surface area contributed by atoms with Crippen LogP contribution >= 0.6 is 0 Å². The Morgan fingerprint density at radius 2 is 1.06 bits per heavy atom. The topological polar surface area (TPSA) is 0 Å². The molecule has 94 valence electrons. The average Bonchev–Trinajstić information content (AvgIpc) is 2.88. The SMILES string of the molecule is CC(C)(C)[Si](C)(C1CCCC1)C1CCCC1. The van der Waals surface area contributed by atoms with Crippen molar-refractivity contribution in [3.63, 3.8) is 0 Å². The first kappa shape index (κ1) is 12.7. The summed E-state index contributed by atoms with van der Waals surface area (Å²) in [6, 6.07) is 0. The van der Waals surface area contributed by atoms with Crippen molar-refractivity contribution in [1.82, 2.24) is 0 Å². The molecule has 2 rings (SSSR count). The Labute approximate surface area is 103 Å². The molecule has 0 N–H and O–H groups in total. The van der Waals surface area contributed by atoms with Gasteiger partial charge in [-0.25, -0.2) is 0 Å². The summed E-state index contributed by atoms with van der Waals surface area (Å²) >= 11 is 0. The zero-order chi connectivity index (χ0) is 11.8. The third-order valence-corrected chi connectivity index (χ3v) is 13.8. The minimum Gasteiger partial charge on any atom is -0.0684 e. The lowest BCUT2D eigenvalue weighted by Crippen LogP contribution is -2.48. The van der Waals surface area contributed by atoms with E-state index in [1.54, 1.807) is 25.7 Å². The van der Waals surface area contributed by atoms with E-state index >= 15 is 0 Å². The molecule has 0 aromatic carbocycles. The van der Waals surface area contributed by atoms with E-state index in [-0.39, 0.29) is 0 Å². The van der Waals surface area contributed by atoms with Crippen molar-refractivity contribution in [3.05, 3.63) is 0 Å². The van der Waals surface area contributed by atoms with Crippen LogP contribution in [0.25, 0.3) is 0 Å². The van der Waals surface area contributed by atoms with Crippen molar-refractivity contribution in [3.8, 4) is 0 Å². The smallest absolute Gasteiger partial charge is 0.0620 e. The van der Waals surface area contributed by atoms with Crippen molar-refractivity contribution in [1.29, 1.82) is 0 Å². The van der Waals surface area contributed by atoms with Gasteiger partial charge in [0.25, 0.3) is 0 Å². The van der Waals surface area contributed by atoms with Crippen LogP contribution in [-0.4, -0.2) is 8.07 Å². The molecule has 0 unspecified atom stereocenters. The molecule has 0 atom stereocenters. The molecule has 2 aliphatic rings. The zero-order valence-corrected chi connectivity index (χ0v) is 12.8. The molecule has 0 aromatic heterocycles. The van der Waals surface area contributed by atoms with Gasteiger partial charge in [-0.05, 0) is 16.1 Å². The summed E-state index contributed by atoms with van der Waals surface area (Å²) in [5.41, 5.74) is 2.30. The van der Waals surface area contributed by atoms with Gasteiger partial charge >= 0.3 is 0 Å². The van der Waals surface area contributed by atoms with Crippen LogP contribution in [0.15, 0.2) is 0 Å².